The lowest BCUT2D eigenvalue weighted by molar-refractivity contribution is -0.384. The number of hydrogen-bond donors (Lipinski definition) is 2. The number of nitrogens with one attached hydrogen (secondary N) is 2. The third-order valence-corrected chi connectivity index (χ3v) is 2.82. The molecule has 1 aromatic carbocycles. The van der Waals surface area contributed by atoms with Crippen LogP contribution in [0.4, 0.5) is 27.5 Å². The fourth-order valence-electron chi connectivity index (χ4n) is 1.71. The van der Waals surface area contributed by atoms with Crippen LogP contribution in [0.2, 0.25) is 0 Å². The van der Waals surface area contributed by atoms with Gasteiger partial charge in [-0.15, -0.1) is 0 Å². The van der Waals surface area contributed by atoms with Crippen molar-refractivity contribution in [2.75, 3.05) is 17.2 Å². The minimum Gasteiger partial charge on any atom is -0.354 e. The zero-order valence-electron chi connectivity index (χ0n) is 11.6. The molecule has 110 valence electrons. The molecule has 0 fully saturated rings. The van der Waals surface area contributed by atoms with E-state index in [2.05, 4.69) is 20.6 Å². The summed E-state index contributed by atoms with van der Waals surface area (Å²) in [5.74, 6) is -0.122. The van der Waals surface area contributed by atoms with E-state index in [1.807, 2.05) is 6.92 Å². The van der Waals surface area contributed by atoms with E-state index < -0.39 is 10.7 Å². The zero-order chi connectivity index (χ0) is 15.4. The molecule has 0 atom stereocenters. The highest BCUT2D eigenvalue weighted by atomic mass is 19.1. The van der Waals surface area contributed by atoms with Crippen LogP contribution in [-0.2, 0) is 0 Å². The molecule has 0 spiro atoms. The number of halogens is 1. The zero-order valence-corrected chi connectivity index (χ0v) is 11.6. The number of aromatic nitrogens is 2. The number of nitrogens with zero attached hydrogens (tertiary/aromatic N) is 3. The van der Waals surface area contributed by atoms with E-state index in [0.717, 1.165) is 6.20 Å². The largest absolute Gasteiger partial charge is 0.354 e. The Kier molecular flexibility index (Phi) is 4.27. The van der Waals surface area contributed by atoms with E-state index in [9.17, 15) is 14.5 Å². The van der Waals surface area contributed by atoms with Crippen molar-refractivity contribution in [2.24, 2.45) is 0 Å². The maximum atomic E-state index is 13.5. The van der Waals surface area contributed by atoms with Gasteiger partial charge >= 0.3 is 5.69 Å². The first-order valence-corrected chi connectivity index (χ1v) is 6.30. The monoisotopic (exact) mass is 291 g/mol. The summed E-state index contributed by atoms with van der Waals surface area (Å²) < 4.78 is 13.5. The summed E-state index contributed by atoms with van der Waals surface area (Å²) in [6.07, 6.45) is 1.11. The highest BCUT2D eigenvalue weighted by Gasteiger charge is 2.18. The van der Waals surface area contributed by atoms with Crippen LogP contribution in [0, 0.1) is 22.9 Å². The Morgan fingerprint density at radius 2 is 2.19 bits per heavy atom. The second-order valence-corrected chi connectivity index (χ2v) is 4.25. The van der Waals surface area contributed by atoms with Crippen molar-refractivity contribution in [3.8, 4) is 0 Å². The van der Waals surface area contributed by atoms with Crippen molar-refractivity contribution < 1.29 is 9.31 Å². The summed E-state index contributed by atoms with van der Waals surface area (Å²) in [5, 5.41) is 16.7. The summed E-state index contributed by atoms with van der Waals surface area (Å²) in [7, 11) is 0. The highest BCUT2D eigenvalue weighted by molar-refractivity contribution is 5.68. The van der Waals surface area contributed by atoms with Crippen LogP contribution in [0.15, 0.2) is 24.4 Å². The van der Waals surface area contributed by atoms with Gasteiger partial charge in [0.25, 0.3) is 0 Å². The van der Waals surface area contributed by atoms with Gasteiger partial charge in [0.1, 0.15) is 12.0 Å². The highest BCUT2D eigenvalue weighted by Crippen LogP contribution is 2.28. The van der Waals surface area contributed by atoms with E-state index in [1.165, 1.54) is 12.1 Å². The molecule has 0 saturated heterocycles. The van der Waals surface area contributed by atoms with E-state index in [1.54, 1.807) is 13.0 Å². The first-order chi connectivity index (χ1) is 10.0. The molecule has 1 heterocycles. The molecule has 0 amide bonds. The van der Waals surface area contributed by atoms with Crippen LogP contribution >= 0.6 is 0 Å². The number of benzene rings is 1. The van der Waals surface area contributed by atoms with E-state index in [0.29, 0.717) is 17.8 Å². The summed E-state index contributed by atoms with van der Waals surface area (Å²) in [5.41, 5.74) is 0.495. The van der Waals surface area contributed by atoms with Crippen molar-refractivity contribution in [1.29, 1.82) is 0 Å². The smallest absolute Gasteiger partial charge is 0.329 e. The minimum atomic E-state index is -0.591. The molecule has 0 radical (unpaired) electrons. The van der Waals surface area contributed by atoms with Crippen LogP contribution < -0.4 is 10.6 Å². The van der Waals surface area contributed by atoms with Gasteiger partial charge in [-0.25, -0.2) is 9.37 Å². The molecule has 0 unspecified atom stereocenters. The van der Waals surface area contributed by atoms with Gasteiger partial charge in [-0.2, -0.15) is 4.98 Å². The third-order valence-electron chi connectivity index (χ3n) is 2.82. The molecule has 2 rings (SSSR count). The molecular weight excluding hydrogens is 277 g/mol. The van der Waals surface area contributed by atoms with E-state index in [-0.39, 0.29) is 17.5 Å². The van der Waals surface area contributed by atoms with Crippen LogP contribution in [-0.4, -0.2) is 21.4 Å². The Morgan fingerprint density at radius 3 is 2.86 bits per heavy atom. The van der Waals surface area contributed by atoms with Crippen molar-refractivity contribution in [1.82, 2.24) is 9.97 Å². The van der Waals surface area contributed by atoms with E-state index in [4.69, 9.17) is 0 Å². The molecule has 0 bridgehead atoms. The predicted octanol–water partition coefficient (Wildman–Crippen LogP) is 3.01. The first kappa shape index (κ1) is 14.6. The Morgan fingerprint density at radius 1 is 1.43 bits per heavy atom. The van der Waals surface area contributed by atoms with Gasteiger partial charge < -0.3 is 10.6 Å². The second kappa shape index (κ2) is 6.12. The number of nitro groups is 1. The predicted molar refractivity (Wildman–Crippen MR) is 77.3 cm³/mol. The minimum absolute atomic E-state index is 0.0136. The Bertz CT molecular complexity index is 678. The van der Waals surface area contributed by atoms with Gasteiger partial charge in [0, 0.05) is 17.8 Å². The quantitative estimate of drug-likeness (QED) is 0.649. The number of hydrogen-bond acceptors (Lipinski definition) is 6. The Hall–Kier alpha value is -2.77. The number of anilines is 3. The van der Waals surface area contributed by atoms with E-state index >= 15 is 0 Å². The fraction of sp³-hybridized carbons (Fsp3) is 0.231. The summed E-state index contributed by atoms with van der Waals surface area (Å²) in [6, 6.07) is 4.46. The molecule has 21 heavy (non-hydrogen) atoms. The lowest BCUT2D eigenvalue weighted by Crippen LogP contribution is -2.07. The standard InChI is InChI=1S/C13H14FN5O2/c1-3-15-13-16-7-11(19(20)21)12(18-13)17-10-6-4-5-9(14)8(10)2/h4-7H,3H2,1-2H3,(H2,15,16,17,18). The molecule has 2 aromatic rings. The van der Waals surface area contributed by atoms with Crippen molar-refractivity contribution >= 4 is 23.1 Å². The van der Waals surface area contributed by atoms with Crippen LogP contribution in [0.25, 0.3) is 0 Å². The van der Waals surface area contributed by atoms with Crippen molar-refractivity contribution in [3.05, 3.63) is 45.9 Å². The summed E-state index contributed by atoms with van der Waals surface area (Å²) in [4.78, 5) is 18.3. The third kappa shape index (κ3) is 3.22. The lowest BCUT2D eigenvalue weighted by Gasteiger charge is -2.10. The average molecular weight is 291 g/mol. The van der Waals surface area contributed by atoms with Crippen LogP contribution in [0.1, 0.15) is 12.5 Å². The van der Waals surface area contributed by atoms with Gasteiger partial charge in [-0.1, -0.05) is 6.07 Å². The second-order valence-electron chi connectivity index (χ2n) is 4.25. The molecule has 7 nitrogen and oxygen atoms in total. The first-order valence-electron chi connectivity index (χ1n) is 6.30. The SMILES string of the molecule is CCNc1ncc([N+](=O)[O-])c(Nc2cccc(F)c2C)n1. The molecule has 0 aliphatic heterocycles. The van der Waals surface area contributed by atoms with Gasteiger partial charge in [0.15, 0.2) is 0 Å². The van der Waals surface area contributed by atoms with Gasteiger partial charge in [-0.3, -0.25) is 10.1 Å². The van der Waals surface area contributed by atoms with Crippen LogP contribution in [0.3, 0.4) is 0 Å². The normalized spacial score (nSPS) is 10.2. The molecular formula is C13H14FN5O2. The molecule has 0 aliphatic carbocycles. The topological polar surface area (TPSA) is 93.0 Å². The molecule has 0 aliphatic rings. The molecule has 0 saturated carbocycles. The average Bonchev–Trinajstić information content (AvgIpc) is 2.44. The fourth-order valence-corrected chi connectivity index (χ4v) is 1.71. The molecule has 2 N–H and O–H groups in total. The summed E-state index contributed by atoms with van der Waals surface area (Å²) >= 11 is 0. The Balaban J connectivity index is 2.43. The van der Waals surface area contributed by atoms with Crippen LogP contribution in [0.5, 0.6) is 0 Å². The molecule has 1 aromatic heterocycles. The maximum Gasteiger partial charge on any atom is 0.329 e. The Labute approximate surface area is 120 Å². The molecule has 8 heteroatoms. The van der Waals surface area contributed by atoms with Gasteiger partial charge in [0.05, 0.1) is 4.92 Å². The lowest BCUT2D eigenvalue weighted by atomic mass is 10.2. The summed E-state index contributed by atoms with van der Waals surface area (Å²) in [6.45, 7) is 4.01. The van der Waals surface area contributed by atoms with Gasteiger partial charge in [-0.05, 0) is 26.0 Å². The van der Waals surface area contributed by atoms with Crippen molar-refractivity contribution in [2.45, 2.75) is 13.8 Å². The maximum absolute atomic E-state index is 13.5. The number of rotatable bonds is 5. The van der Waals surface area contributed by atoms with Gasteiger partial charge in [0.2, 0.25) is 11.8 Å². The van der Waals surface area contributed by atoms with Crippen molar-refractivity contribution in [3.63, 3.8) is 0 Å².